The average molecular weight is 545 g/mol. The normalized spacial score (nSPS) is 11.3. The summed E-state index contributed by atoms with van der Waals surface area (Å²) in [5.41, 5.74) is 2.79. The number of thiazole rings is 1. The molecule has 0 bridgehead atoms. The molecule has 0 radical (unpaired) electrons. The van der Waals surface area contributed by atoms with E-state index in [1.54, 1.807) is 17.2 Å². The van der Waals surface area contributed by atoms with Crippen molar-refractivity contribution in [2.75, 3.05) is 18.0 Å². The smallest absolute Gasteiger partial charge is 0.260 e. The second kappa shape index (κ2) is 11.9. The van der Waals surface area contributed by atoms with Crippen molar-refractivity contribution >= 4 is 42.6 Å². The Labute approximate surface area is 225 Å². The van der Waals surface area contributed by atoms with Crippen LogP contribution in [0.5, 0.6) is 0 Å². The Morgan fingerprint density at radius 3 is 2.29 bits per heavy atom. The van der Waals surface area contributed by atoms with Gasteiger partial charge in [0.1, 0.15) is 0 Å². The molecule has 38 heavy (non-hydrogen) atoms. The molecule has 0 atom stereocenters. The number of aryl methyl sites for hydroxylation is 1. The van der Waals surface area contributed by atoms with Gasteiger partial charge in [-0.3, -0.25) is 14.7 Å². The van der Waals surface area contributed by atoms with Crippen LogP contribution >= 0.6 is 11.3 Å². The van der Waals surface area contributed by atoms with E-state index < -0.39 is 10.0 Å². The molecule has 0 unspecified atom stereocenters. The zero-order chi connectivity index (χ0) is 27.1. The number of pyridine rings is 1. The van der Waals surface area contributed by atoms with Crippen LogP contribution in [0.2, 0.25) is 0 Å². The number of carbonyl (C=O) groups is 1. The maximum atomic E-state index is 13.7. The molecule has 4 aromatic rings. The first-order valence-corrected chi connectivity index (χ1v) is 14.0. The number of para-hydroxylation sites is 1. The molecular weight excluding hydrogens is 520 g/mol. The molecule has 0 saturated carbocycles. The van der Waals surface area contributed by atoms with Gasteiger partial charge in [-0.05, 0) is 55.0 Å². The van der Waals surface area contributed by atoms with E-state index in [1.807, 2.05) is 49.4 Å². The summed E-state index contributed by atoms with van der Waals surface area (Å²) in [6.45, 7) is 2.12. The first kappa shape index (κ1) is 26.9. The highest BCUT2D eigenvalue weighted by atomic mass is 32.2. The number of anilines is 1. The van der Waals surface area contributed by atoms with E-state index in [2.05, 4.69) is 4.98 Å². The Kier molecular flexibility index (Phi) is 8.44. The van der Waals surface area contributed by atoms with Crippen molar-refractivity contribution in [3.63, 3.8) is 0 Å². The summed E-state index contributed by atoms with van der Waals surface area (Å²) in [6.07, 6.45) is 1.67. The van der Waals surface area contributed by atoms with Crippen molar-refractivity contribution in [2.45, 2.75) is 31.2 Å². The SMILES string of the molecule is Cc1cccc2sc(N(Cc3ccccn3)C(=O)c3ccc(S(=O)(=O)N(CCC#N)CCC#N)cc3)nc12. The first-order chi connectivity index (χ1) is 18.3. The number of sulfonamides is 1. The standard InChI is InChI=1S/C27H24N6O3S2/c1-20-7-4-9-24-25(20)31-27(37-24)33(19-22-8-2-3-16-30-22)26(34)21-10-12-23(13-11-21)38(35,36)32(17-5-14-28)18-6-15-29/h2-4,7-13,16H,5-6,17-19H2,1H3. The number of carbonyl (C=O) groups excluding carboxylic acids is 1. The Balaban J connectivity index is 1.67. The summed E-state index contributed by atoms with van der Waals surface area (Å²) in [4.78, 5) is 24.3. The number of rotatable bonds is 10. The molecular formula is C27H24N6O3S2. The summed E-state index contributed by atoms with van der Waals surface area (Å²) in [6, 6.07) is 20.9. The van der Waals surface area contributed by atoms with Crippen molar-refractivity contribution in [1.29, 1.82) is 10.5 Å². The summed E-state index contributed by atoms with van der Waals surface area (Å²) < 4.78 is 28.4. The Morgan fingerprint density at radius 2 is 1.68 bits per heavy atom. The van der Waals surface area contributed by atoms with Crippen molar-refractivity contribution < 1.29 is 13.2 Å². The number of nitriles is 2. The van der Waals surface area contributed by atoms with Crippen molar-refractivity contribution in [2.24, 2.45) is 0 Å². The van der Waals surface area contributed by atoms with Crippen molar-refractivity contribution in [3.8, 4) is 12.1 Å². The number of nitrogens with zero attached hydrogens (tertiary/aromatic N) is 6. The second-order valence-corrected chi connectivity index (χ2v) is 11.3. The molecule has 0 aliphatic carbocycles. The summed E-state index contributed by atoms with van der Waals surface area (Å²) >= 11 is 1.40. The molecule has 0 spiro atoms. The number of aromatic nitrogens is 2. The van der Waals surface area contributed by atoms with E-state index in [0.29, 0.717) is 10.8 Å². The molecule has 2 aromatic heterocycles. The molecule has 0 aliphatic heterocycles. The molecule has 0 saturated heterocycles. The largest absolute Gasteiger partial charge is 0.278 e. The molecule has 0 fully saturated rings. The molecule has 9 nitrogen and oxygen atoms in total. The third-order valence-electron chi connectivity index (χ3n) is 5.82. The lowest BCUT2D eigenvalue weighted by atomic mass is 10.2. The van der Waals surface area contributed by atoms with Crippen molar-refractivity contribution in [3.05, 3.63) is 83.7 Å². The highest BCUT2D eigenvalue weighted by molar-refractivity contribution is 7.89. The molecule has 192 valence electrons. The maximum absolute atomic E-state index is 13.7. The lowest BCUT2D eigenvalue weighted by Crippen LogP contribution is -2.33. The van der Waals surface area contributed by atoms with Gasteiger partial charge in [0.25, 0.3) is 5.91 Å². The zero-order valence-corrected chi connectivity index (χ0v) is 22.2. The number of benzene rings is 2. The van der Waals surface area contributed by atoms with E-state index >= 15 is 0 Å². The molecule has 2 aromatic carbocycles. The molecule has 4 rings (SSSR count). The fourth-order valence-corrected chi connectivity index (χ4v) is 6.33. The third kappa shape index (κ3) is 5.87. The van der Waals surface area contributed by atoms with Gasteiger partial charge in [0.2, 0.25) is 10.0 Å². The van der Waals surface area contributed by atoms with Gasteiger partial charge in [-0.25, -0.2) is 13.4 Å². The minimum atomic E-state index is -3.95. The molecule has 0 aliphatic rings. The van der Waals surface area contributed by atoms with Gasteiger partial charge in [-0.1, -0.05) is 29.5 Å². The van der Waals surface area contributed by atoms with Gasteiger partial charge in [-0.15, -0.1) is 0 Å². The lowest BCUT2D eigenvalue weighted by Gasteiger charge is -2.21. The highest BCUT2D eigenvalue weighted by Gasteiger charge is 2.26. The zero-order valence-electron chi connectivity index (χ0n) is 20.6. The minimum absolute atomic E-state index is 0.00531. The fourth-order valence-electron chi connectivity index (χ4n) is 3.85. The topological polar surface area (TPSA) is 131 Å². The third-order valence-corrected chi connectivity index (χ3v) is 8.77. The summed E-state index contributed by atoms with van der Waals surface area (Å²) in [7, 11) is -3.95. The van der Waals surface area contributed by atoms with E-state index in [0.717, 1.165) is 20.1 Å². The maximum Gasteiger partial charge on any atom is 0.260 e. The van der Waals surface area contributed by atoms with E-state index in [4.69, 9.17) is 15.5 Å². The van der Waals surface area contributed by atoms with Gasteiger partial charge >= 0.3 is 0 Å². The molecule has 0 N–H and O–H groups in total. The number of hydrogen-bond acceptors (Lipinski definition) is 8. The van der Waals surface area contributed by atoms with Crippen LogP contribution in [-0.2, 0) is 16.6 Å². The first-order valence-electron chi connectivity index (χ1n) is 11.8. The van der Waals surface area contributed by atoms with Gasteiger partial charge in [-0.2, -0.15) is 14.8 Å². The Morgan fingerprint density at radius 1 is 0.974 bits per heavy atom. The Bertz CT molecular complexity index is 1600. The number of amides is 1. The van der Waals surface area contributed by atoms with Gasteiger partial charge in [0.15, 0.2) is 5.13 Å². The van der Waals surface area contributed by atoms with Crippen LogP contribution in [0.4, 0.5) is 5.13 Å². The van der Waals surface area contributed by atoms with E-state index in [9.17, 15) is 13.2 Å². The number of fused-ring (bicyclic) bond motifs is 1. The summed E-state index contributed by atoms with van der Waals surface area (Å²) in [5.74, 6) is -0.345. The van der Waals surface area contributed by atoms with Crippen LogP contribution in [0.25, 0.3) is 10.2 Å². The molecule has 1 amide bonds. The summed E-state index contributed by atoms with van der Waals surface area (Å²) in [5, 5.41) is 18.3. The quantitative estimate of drug-likeness (QED) is 0.284. The van der Waals surface area contributed by atoms with Crippen LogP contribution in [0.3, 0.4) is 0 Å². The lowest BCUT2D eigenvalue weighted by molar-refractivity contribution is 0.0984. The van der Waals surface area contributed by atoms with Crippen LogP contribution in [0.1, 0.15) is 34.5 Å². The minimum Gasteiger partial charge on any atom is -0.278 e. The highest BCUT2D eigenvalue weighted by Crippen LogP contribution is 2.32. The molecule has 11 heteroatoms. The van der Waals surface area contributed by atoms with Gasteiger partial charge in [0, 0.05) is 37.7 Å². The number of hydrogen-bond donors (Lipinski definition) is 0. The van der Waals surface area contributed by atoms with E-state index in [1.165, 1.54) is 35.6 Å². The second-order valence-electron chi connectivity index (χ2n) is 8.38. The van der Waals surface area contributed by atoms with Crippen LogP contribution in [0.15, 0.2) is 71.8 Å². The average Bonchev–Trinajstić information content (AvgIpc) is 3.37. The van der Waals surface area contributed by atoms with Crippen LogP contribution < -0.4 is 4.90 Å². The van der Waals surface area contributed by atoms with E-state index in [-0.39, 0.29) is 48.8 Å². The van der Waals surface area contributed by atoms with Gasteiger partial charge in [0.05, 0.1) is 39.5 Å². The fraction of sp³-hybridized carbons (Fsp3) is 0.222. The van der Waals surface area contributed by atoms with Gasteiger partial charge < -0.3 is 0 Å². The predicted octanol–water partition coefficient (Wildman–Crippen LogP) is 4.66. The molecule has 2 heterocycles. The van der Waals surface area contributed by atoms with Crippen molar-refractivity contribution in [1.82, 2.24) is 14.3 Å². The predicted molar refractivity (Wildman–Crippen MR) is 145 cm³/mol. The van der Waals surface area contributed by atoms with Crippen LogP contribution in [0, 0.1) is 29.6 Å². The Hall–Kier alpha value is -4.16. The van der Waals surface area contributed by atoms with Crippen LogP contribution in [-0.4, -0.2) is 41.7 Å². The monoisotopic (exact) mass is 544 g/mol.